The van der Waals surface area contributed by atoms with Gasteiger partial charge < -0.3 is 15.0 Å². The van der Waals surface area contributed by atoms with E-state index in [1.54, 1.807) is 24.3 Å². The molecule has 0 atom stereocenters. The molecule has 0 saturated carbocycles. The van der Waals surface area contributed by atoms with Gasteiger partial charge in [-0.05, 0) is 18.2 Å². The lowest BCUT2D eigenvalue weighted by atomic mass is 10.1. The fraction of sp³-hybridized carbons (Fsp3) is 0.0909. The molecule has 2 rings (SSSR count). The summed E-state index contributed by atoms with van der Waals surface area (Å²) in [6.07, 6.45) is 0.739. The van der Waals surface area contributed by atoms with Crippen LogP contribution in [0.25, 0.3) is 11.3 Å². The molecule has 82 valence electrons. The average molecular weight is 218 g/mol. The van der Waals surface area contributed by atoms with E-state index in [1.165, 1.54) is 7.11 Å². The summed E-state index contributed by atoms with van der Waals surface area (Å²) in [5.74, 6) is 0.824. The first kappa shape index (κ1) is 10.2. The molecule has 0 amide bonds. The third kappa shape index (κ3) is 1.75. The molecule has 0 radical (unpaired) electrons. The van der Waals surface area contributed by atoms with Crippen molar-refractivity contribution >= 4 is 12.2 Å². The molecule has 0 aliphatic rings. The number of aldehydes is 1. The maximum Gasteiger partial charge on any atom is 0.222 e. The van der Waals surface area contributed by atoms with Crippen LogP contribution in [0.4, 0.5) is 5.88 Å². The Balaban J connectivity index is 2.52. The van der Waals surface area contributed by atoms with Gasteiger partial charge in [0.05, 0.1) is 7.11 Å². The van der Waals surface area contributed by atoms with Gasteiger partial charge in [-0.15, -0.1) is 0 Å². The van der Waals surface area contributed by atoms with Crippen molar-refractivity contribution in [2.45, 2.75) is 0 Å². The van der Waals surface area contributed by atoms with Gasteiger partial charge in [0.15, 0.2) is 6.29 Å². The predicted octanol–water partition coefficient (Wildman–Crippen LogP) is 1.74. The summed E-state index contributed by atoms with van der Waals surface area (Å²) in [6, 6.07) is 6.68. The molecular weight excluding hydrogens is 208 g/mol. The van der Waals surface area contributed by atoms with Crippen LogP contribution in [0.5, 0.6) is 5.75 Å². The van der Waals surface area contributed by atoms with Gasteiger partial charge in [-0.1, -0.05) is 5.16 Å². The van der Waals surface area contributed by atoms with E-state index in [1.807, 2.05) is 0 Å². The van der Waals surface area contributed by atoms with Crippen LogP contribution in [0.1, 0.15) is 10.4 Å². The number of anilines is 1. The number of methoxy groups -OCH3 is 1. The second kappa shape index (κ2) is 4.06. The fourth-order valence-electron chi connectivity index (χ4n) is 1.41. The van der Waals surface area contributed by atoms with Crippen molar-refractivity contribution in [3.63, 3.8) is 0 Å². The largest absolute Gasteiger partial charge is 0.497 e. The maximum atomic E-state index is 10.9. The van der Waals surface area contributed by atoms with Crippen molar-refractivity contribution in [3.05, 3.63) is 29.8 Å². The van der Waals surface area contributed by atoms with E-state index in [9.17, 15) is 4.79 Å². The van der Waals surface area contributed by atoms with Crippen LogP contribution in [-0.2, 0) is 0 Å². The number of hydrogen-bond donors (Lipinski definition) is 1. The van der Waals surface area contributed by atoms with Gasteiger partial charge in [0.2, 0.25) is 5.88 Å². The van der Waals surface area contributed by atoms with Crippen LogP contribution in [0, 0.1) is 0 Å². The Morgan fingerprint density at radius 2 is 2.25 bits per heavy atom. The molecular formula is C11H10N2O3. The second-order valence-corrected chi connectivity index (χ2v) is 3.19. The average Bonchev–Trinajstić information content (AvgIpc) is 2.74. The molecule has 1 heterocycles. The van der Waals surface area contributed by atoms with E-state index in [0.29, 0.717) is 22.6 Å². The Morgan fingerprint density at radius 1 is 1.44 bits per heavy atom. The molecule has 0 unspecified atom stereocenters. The number of ether oxygens (including phenoxy) is 1. The summed E-state index contributed by atoms with van der Waals surface area (Å²) in [5.41, 5.74) is 7.09. The number of aromatic nitrogens is 1. The topological polar surface area (TPSA) is 78.3 Å². The molecule has 0 bridgehead atoms. The van der Waals surface area contributed by atoms with Crippen LogP contribution in [0.15, 0.2) is 28.8 Å². The van der Waals surface area contributed by atoms with Crippen molar-refractivity contribution in [2.24, 2.45) is 0 Å². The Hall–Kier alpha value is -2.30. The number of nitrogens with zero attached hydrogens (tertiary/aromatic N) is 1. The number of rotatable bonds is 3. The van der Waals surface area contributed by atoms with Crippen LogP contribution < -0.4 is 10.5 Å². The predicted molar refractivity (Wildman–Crippen MR) is 58.3 cm³/mol. The number of benzene rings is 1. The zero-order valence-corrected chi connectivity index (χ0v) is 8.64. The number of nitrogen functional groups attached to an aromatic ring is 1. The lowest BCUT2D eigenvalue weighted by Gasteiger charge is -2.03. The molecule has 0 aliphatic heterocycles. The fourth-order valence-corrected chi connectivity index (χ4v) is 1.41. The first-order valence-corrected chi connectivity index (χ1v) is 4.60. The lowest BCUT2D eigenvalue weighted by Crippen LogP contribution is -1.90. The molecule has 0 saturated heterocycles. The standard InChI is InChI=1S/C11H10N2O3/c1-15-8-2-3-9(7(4-8)6-14)10-5-11(12)16-13-10/h2-6H,12H2,1H3. The summed E-state index contributed by atoms with van der Waals surface area (Å²) in [6.45, 7) is 0. The summed E-state index contributed by atoms with van der Waals surface area (Å²) < 4.78 is 9.78. The Bertz CT molecular complexity index is 520. The Kier molecular flexibility index (Phi) is 2.59. The highest BCUT2D eigenvalue weighted by molar-refractivity contribution is 5.87. The van der Waals surface area contributed by atoms with Gasteiger partial charge in [-0.3, -0.25) is 4.79 Å². The zero-order valence-electron chi connectivity index (χ0n) is 8.64. The van der Waals surface area contributed by atoms with E-state index >= 15 is 0 Å². The minimum Gasteiger partial charge on any atom is -0.497 e. The molecule has 0 spiro atoms. The SMILES string of the molecule is COc1ccc(-c2cc(N)on2)c(C=O)c1. The Labute approximate surface area is 91.8 Å². The van der Waals surface area contributed by atoms with Gasteiger partial charge >= 0.3 is 0 Å². The molecule has 0 aliphatic carbocycles. The van der Waals surface area contributed by atoms with E-state index < -0.39 is 0 Å². The first-order chi connectivity index (χ1) is 7.74. The molecule has 1 aromatic carbocycles. The van der Waals surface area contributed by atoms with Crippen molar-refractivity contribution < 1.29 is 14.1 Å². The minimum absolute atomic E-state index is 0.211. The molecule has 0 fully saturated rings. The van der Waals surface area contributed by atoms with Crippen molar-refractivity contribution in [3.8, 4) is 17.0 Å². The van der Waals surface area contributed by atoms with Gasteiger partial charge in [-0.2, -0.15) is 0 Å². The number of hydrogen-bond acceptors (Lipinski definition) is 5. The molecule has 16 heavy (non-hydrogen) atoms. The third-order valence-electron chi connectivity index (χ3n) is 2.19. The Morgan fingerprint density at radius 3 is 2.81 bits per heavy atom. The summed E-state index contributed by atoms with van der Waals surface area (Å²) in [7, 11) is 1.54. The van der Waals surface area contributed by atoms with Gasteiger partial charge in [0.25, 0.3) is 0 Å². The van der Waals surface area contributed by atoms with Crippen molar-refractivity contribution in [1.29, 1.82) is 0 Å². The first-order valence-electron chi connectivity index (χ1n) is 4.60. The summed E-state index contributed by atoms with van der Waals surface area (Å²) in [5, 5.41) is 3.75. The van der Waals surface area contributed by atoms with Crippen LogP contribution >= 0.6 is 0 Å². The molecule has 5 heteroatoms. The van der Waals surface area contributed by atoms with Crippen LogP contribution in [0.3, 0.4) is 0 Å². The summed E-state index contributed by atoms with van der Waals surface area (Å²) >= 11 is 0. The summed E-state index contributed by atoms with van der Waals surface area (Å²) in [4.78, 5) is 10.9. The molecule has 5 nitrogen and oxygen atoms in total. The normalized spacial score (nSPS) is 10.1. The monoisotopic (exact) mass is 218 g/mol. The molecule has 2 aromatic rings. The number of nitrogens with two attached hydrogens (primary N) is 1. The van der Waals surface area contributed by atoms with Crippen LogP contribution in [0.2, 0.25) is 0 Å². The smallest absolute Gasteiger partial charge is 0.222 e. The van der Waals surface area contributed by atoms with E-state index in [4.69, 9.17) is 15.0 Å². The quantitative estimate of drug-likeness (QED) is 0.794. The van der Waals surface area contributed by atoms with E-state index in [-0.39, 0.29) is 5.88 Å². The van der Waals surface area contributed by atoms with Crippen molar-refractivity contribution in [1.82, 2.24) is 5.16 Å². The van der Waals surface area contributed by atoms with E-state index in [0.717, 1.165) is 6.29 Å². The lowest BCUT2D eigenvalue weighted by molar-refractivity contribution is 0.112. The van der Waals surface area contributed by atoms with Gasteiger partial charge in [0, 0.05) is 17.2 Å². The molecule has 2 N–H and O–H groups in total. The third-order valence-corrected chi connectivity index (χ3v) is 2.19. The zero-order chi connectivity index (χ0) is 11.5. The van der Waals surface area contributed by atoms with Crippen molar-refractivity contribution in [2.75, 3.05) is 12.8 Å². The van der Waals surface area contributed by atoms with Gasteiger partial charge in [-0.25, -0.2) is 0 Å². The molecule has 1 aromatic heterocycles. The van der Waals surface area contributed by atoms with E-state index in [2.05, 4.69) is 5.16 Å². The number of carbonyl (C=O) groups is 1. The highest BCUT2D eigenvalue weighted by atomic mass is 16.5. The highest BCUT2D eigenvalue weighted by Gasteiger charge is 2.10. The second-order valence-electron chi connectivity index (χ2n) is 3.19. The maximum absolute atomic E-state index is 10.9. The number of carbonyl (C=O) groups excluding carboxylic acids is 1. The minimum atomic E-state index is 0.211. The van der Waals surface area contributed by atoms with Crippen LogP contribution in [-0.4, -0.2) is 18.6 Å². The highest BCUT2D eigenvalue weighted by Crippen LogP contribution is 2.26. The van der Waals surface area contributed by atoms with Gasteiger partial charge in [0.1, 0.15) is 11.4 Å².